The first kappa shape index (κ1) is 11.4. The fraction of sp³-hybridized carbons (Fsp3) is 0.455. The molecule has 1 aromatic heterocycles. The Morgan fingerprint density at radius 3 is 2.59 bits per heavy atom. The van der Waals surface area contributed by atoms with E-state index in [1.165, 1.54) is 0 Å². The summed E-state index contributed by atoms with van der Waals surface area (Å²) in [4.78, 5) is 10.6. The van der Waals surface area contributed by atoms with Crippen LogP contribution >= 0.6 is 0 Å². The average Bonchev–Trinajstić information content (AvgIpc) is 2.38. The molecule has 2 rings (SSSR count). The number of rotatable bonds is 1. The molecular formula is C11H12BN5. The smallest absolute Gasteiger partial charge is 0.271 e. The first-order chi connectivity index (χ1) is 8.22. The molecule has 0 saturated carbocycles. The van der Waals surface area contributed by atoms with E-state index < -0.39 is 0 Å². The Hall–Kier alpha value is -2.08. The van der Waals surface area contributed by atoms with Gasteiger partial charge in [-0.25, -0.2) is 15.2 Å². The van der Waals surface area contributed by atoms with Crippen LogP contribution in [-0.2, 0) is 0 Å². The molecule has 0 spiro atoms. The van der Waals surface area contributed by atoms with Gasteiger partial charge in [-0.05, 0) is 25.6 Å². The van der Waals surface area contributed by atoms with E-state index in [9.17, 15) is 0 Å². The van der Waals surface area contributed by atoms with E-state index in [0.29, 0.717) is 11.6 Å². The Bertz CT molecular complexity index is 494. The first-order valence-electron chi connectivity index (χ1n) is 5.63. The Labute approximate surface area is 101 Å². The predicted octanol–water partition coefficient (Wildman–Crippen LogP) is 1.03. The largest absolute Gasteiger partial charge is 0.342 e. The molecule has 17 heavy (non-hydrogen) atoms. The van der Waals surface area contributed by atoms with Crippen molar-refractivity contribution in [3.05, 3.63) is 17.5 Å². The molecule has 1 aromatic rings. The summed E-state index contributed by atoms with van der Waals surface area (Å²) < 4.78 is 0. The van der Waals surface area contributed by atoms with Gasteiger partial charge in [0.05, 0.1) is 0 Å². The van der Waals surface area contributed by atoms with Gasteiger partial charge in [0.1, 0.15) is 11.8 Å². The SMILES string of the molecule is Cc1cc(C#N)nc(N2CCB(C#N)CC2)n1. The van der Waals surface area contributed by atoms with Crippen molar-refractivity contribution in [3.8, 4) is 12.0 Å². The Morgan fingerprint density at radius 2 is 2.00 bits per heavy atom. The summed E-state index contributed by atoms with van der Waals surface area (Å²) in [5.74, 6) is 2.90. The number of aryl methyl sites for hydroxylation is 1. The fourth-order valence-corrected chi connectivity index (χ4v) is 1.96. The van der Waals surface area contributed by atoms with Gasteiger partial charge in [0.2, 0.25) is 5.95 Å². The van der Waals surface area contributed by atoms with Gasteiger partial charge in [-0.15, -0.1) is 0 Å². The molecule has 2 heterocycles. The maximum absolute atomic E-state index is 8.86. The maximum atomic E-state index is 8.86. The van der Waals surface area contributed by atoms with Crippen molar-refractivity contribution < 1.29 is 0 Å². The highest BCUT2D eigenvalue weighted by Crippen LogP contribution is 2.17. The van der Waals surface area contributed by atoms with Crippen LogP contribution in [0.4, 0.5) is 5.95 Å². The van der Waals surface area contributed by atoms with Crippen LogP contribution in [0.15, 0.2) is 6.07 Å². The summed E-state index contributed by atoms with van der Waals surface area (Å²) in [6.45, 7) is 3.57. The predicted molar refractivity (Wildman–Crippen MR) is 64.7 cm³/mol. The highest BCUT2D eigenvalue weighted by atomic mass is 15.2. The molecule has 1 aliphatic heterocycles. The molecule has 1 saturated heterocycles. The van der Waals surface area contributed by atoms with E-state index >= 15 is 0 Å². The Kier molecular flexibility index (Phi) is 3.25. The number of anilines is 1. The van der Waals surface area contributed by atoms with Crippen molar-refractivity contribution in [2.24, 2.45) is 0 Å². The second kappa shape index (κ2) is 4.84. The molecule has 5 nitrogen and oxygen atoms in total. The van der Waals surface area contributed by atoms with Gasteiger partial charge in [0, 0.05) is 24.8 Å². The molecule has 0 aromatic carbocycles. The van der Waals surface area contributed by atoms with Crippen molar-refractivity contribution in [1.82, 2.24) is 9.97 Å². The van der Waals surface area contributed by atoms with E-state index in [2.05, 4.69) is 15.9 Å². The minimum Gasteiger partial charge on any atom is -0.342 e. The minimum atomic E-state index is 0.145. The summed E-state index contributed by atoms with van der Waals surface area (Å²) in [6.07, 6.45) is 1.69. The van der Waals surface area contributed by atoms with Crippen LogP contribution in [0, 0.1) is 29.5 Å². The van der Waals surface area contributed by atoms with Crippen LogP contribution < -0.4 is 4.90 Å². The van der Waals surface area contributed by atoms with Gasteiger partial charge in [-0.2, -0.15) is 5.26 Å². The summed E-state index contributed by atoms with van der Waals surface area (Å²) in [5, 5.41) is 17.7. The lowest BCUT2D eigenvalue weighted by Crippen LogP contribution is -2.37. The number of nitriles is 2. The molecule has 0 amide bonds. The van der Waals surface area contributed by atoms with Gasteiger partial charge >= 0.3 is 0 Å². The summed E-state index contributed by atoms with van der Waals surface area (Å²) >= 11 is 0. The van der Waals surface area contributed by atoms with Gasteiger partial charge in [0.15, 0.2) is 0 Å². The van der Waals surface area contributed by atoms with Crippen molar-refractivity contribution in [2.45, 2.75) is 19.6 Å². The van der Waals surface area contributed by atoms with Crippen LogP contribution in [0.2, 0.25) is 12.6 Å². The third kappa shape index (κ3) is 2.54. The summed E-state index contributed by atoms with van der Waals surface area (Å²) in [7, 11) is 0. The van der Waals surface area contributed by atoms with Crippen molar-refractivity contribution in [2.75, 3.05) is 18.0 Å². The van der Waals surface area contributed by atoms with Crippen molar-refractivity contribution in [1.29, 1.82) is 10.5 Å². The molecule has 84 valence electrons. The van der Waals surface area contributed by atoms with E-state index in [1.807, 2.05) is 17.9 Å². The van der Waals surface area contributed by atoms with Crippen LogP contribution in [-0.4, -0.2) is 29.8 Å². The fourth-order valence-electron chi connectivity index (χ4n) is 1.96. The maximum Gasteiger partial charge on any atom is 0.271 e. The zero-order chi connectivity index (χ0) is 12.3. The van der Waals surface area contributed by atoms with E-state index in [0.717, 1.165) is 31.4 Å². The van der Waals surface area contributed by atoms with Crippen LogP contribution in [0.1, 0.15) is 11.4 Å². The standard InChI is InChI=1S/C11H12BN5/c1-9-6-10(7-13)16-11(15-9)17-4-2-12(8-14)3-5-17/h6H,2-5H2,1H3. The molecular weight excluding hydrogens is 213 g/mol. The topological polar surface area (TPSA) is 76.6 Å². The van der Waals surface area contributed by atoms with E-state index in [1.54, 1.807) is 6.07 Å². The highest BCUT2D eigenvalue weighted by molar-refractivity contribution is 6.67. The Balaban J connectivity index is 2.16. The van der Waals surface area contributed by atoms with Crippen molar-refractivity contribution in [3.63, 3.8) is 0 Å². The second-order valence-corrected chi connectivity index (χ2v) is 4.20. The number of hydrogen-bond donors (Lipinski definition) is 0. The minimum absolute atomic E-state index is 0.145. The van der Waals surface area contributed by atoms with Gasteiger partial charge in [-0.1, -0.05) is 0 Å². The second-order valence-electron chi connectivity index (χ2n) is 4.20. The lowest BCUT2D eigenvalue weighted by atomic mass is 9.45. The number of hydrogen-bond acceptors (Lipinski definition) is 5. The third-order valence-corrected chi connectivity index (χ3v) is 2.92. The highest BCUT2D eigenvalue weighted by Gasteiger charge is 2.24. The molecule has 1 aliphatic rings. The van der Waals surface area contributed by atoms with Crippen LogP contribution in [0.25, 0.3) is 0 Å². The first-order valence-corrected chi connectivity index (χ1v) is 5.63. The summed E-state index contributed by atoms with van der Waals surface area (Å²) in [6, 6.07) is 3.71. The molecule has 0 aliphatic carbocycles. The van der Waals surface area contributed by atoms with Gasteiger partial charge < -0.3 is 4.90 Å². The normalized spacial score (nSPS) is 15.2. The zero-order valence-corrected chi connectivity index (χ0v) is 9.72. The molecule has 0 radical (unpaired) electrons. The lowest BCUT2D eigenvalue weighted by Gasteiger charge is -2.28. The van der Waals surface area contributed by atoms with Crippen LogP contribution in [0.3, 0.4) is 0 Å². The molecule has 0 atom stereocenters. The third-order valence-electron chi connectivity index (χ3n) is 2.92. The zero-order valence-electron chi connectivity index (χ0n) is 9.72. The average molecular weight is 225 g/mol. The molecule has 0 unspecified atom stereocenters. The quantitative estimate of drug-likeness (QED) is 0.667. The summed E-state index contributed by atoms with van der Waals surface area (Å²) in [5.41, 5.74) is 1.20. The molecule has 0 N–H and O–H groups in total. The van der Waals surface area contributed by atoms with Crippen LogP contribution in [0.5, 0.6) is 0 Å². The lowest BCUT2D eigenvalue weighted by molar-refractivity contribution is 0.780. The molecule has 6 heteroatoms. The number of nitrogens with zero attached hydrogens (tertiary/aromatic N) is 5. The molecule has 0 bridgehead atoms. The van der Waals surface area contributed by atoms with Gasteiger partial charge in [0.25, 0.3) is 6.71 Å². The van der Waals surface area contributed by atoms with Crippen molar-refractivity contribution >= 4 is 12.7 Å². The van der Waals surface area contributed by atoms with Gasteiger partial charge in [-0.3, -0.25) is 0 Å². The monoisotopic (exact) mass is 225 g/mol. The number of aromatic nitrogens is 2. The van der Waals surface area contributed by atoms with E-state index in [-0.39, 0.29) is 6.71 Å². The Morgan fingerprint density at radius 1 is 1.29 bits per heavy atom. The van der Waals surface area contributed by atoms with E-state index in [4.69, 9.17) is 10.5 Å². The molecule has 1 fully saturated rings.